The summed E-state index contributed by atoms with van der Waals surface area (Å²) in [6.07, 6.45) is 10.7. The van der Waals surface area contributed by atoms with Crippen LogP contribution in [0.5, 0.6) is 0 Å². The van der Waals surface area contributed by atoms with Crippen LogP contribution in [-0.4, -0.2) is 24.1 Å². The number of hydrogen-bond donors (Lipinski definition) is 1. The molecule has 0 spiro atoms. The number of hydrogen-bond acceptors (Lipinski definition) is 3. The summed E-state index contributed by atoms with van der Waals surface area (Å²) in [5.74, 6) is 0. The number of rotatable bonds is 4. The van der Waals surface area contributed by atoms with Crippen LogP contribution >= 0.6 is 11.6 Å². The molecule has 5 rings (SSSR count). The van der Waals surface area contributed by atoms with Crippen molar-refractivity contribution in [1.82, 2.24) is 24.1 Å². The summed E-state index contributed by atoms with van der Waals surface area (Å²) in [6, 6.07) is 15.4. The predicted octanol–water partition coefficient (Wildman–Crippen LogP) is 4.20. The van der Waals surface area contributed by atoms with Gasteiger partial charge in [-0.15, -0.1) is 0 Å². The Bertz CT molecular complexity index is 1320. The summed E-state index contributed by atoms with van der Waals surface area (Å²) >= 11 is 6.10. The fraction of sp³-hybridized carbons (Fsp3) is 0.0455. The van der Waals surface area contributed by atoms with Crippen molar-refractivity contribution in [3.05, 3.63) is 112 Å². The molecule has 6 nitrogen and oxygen atoms in total. The molecule has 7 heteroatoms. The van der Waals surface area contributed by atoms with Crippen LogP contribution in [0.25, 0.3) is 16.6 Å². The van der Waals surface area contributed by atoms with Crippen molar-refractivity contribution in [3.8, 4) is 5.69 Å². The van der Waals surface area contributed by atoms with E-state index in [9.17, 15) is 4.79 Å². The highest BCUT2D eigenvalue weighted by molar-refractivity contribution is 6.30. The first-order chi connectivity index (χ1) is 14.2. The van der Waals surface area contributed by atoms with Crippen LogP contribution in [0.2, 0.25) is 5.02 Å². The number of benzene rings is 2. The van der Waals surface area contributed by atoms with E-state index in [4.69, 9.17) is 11.6 Å². The van der Waals surface area contributed by atoms with Gasteiger partial charge in [-0.3, -0.25) is 4.79 Å². The number of H-pyrrole nitrogens is 1. The van der Waals surface area contributed by atoms with E-state index in [1.54, 1.807) is 31.1 Å². The third kappa shape index (κ3) is 3.23. The third-order valence-corrected chi connectivity index (χ3v) is 5.20. The normalized spacial score (nSPS) is 12.3. The number of halogens is 1. The van der Waals surface area contributed by atoms with E-state index in [2.05, 4.69) is 21.0 Å². The second-order valence-corrected chi connectivity index (χ2v) is 7.19. The van der Waals surface area contributed by atoms with Crippen molar-refractivity contribution < 1.29 is 0 Å². The van der Waals surface area contributed by atoms with Crippen LogP contribution in [0.15, 0.2) is 90.8 Å². The Morgan fingerprint density at radius 2 is 1.66 bits per heavy atom. The summed E-state index contributed by atoms with van der Waals surface area (Å²) < 4.78 is 3.89. The first-order valence-corrected chi connectivity index (χ1v) is 9.45. The Morgan fingerprint density at radius 3 is 2.38 bits per heavy atom. The molecule has 0 aliphatic rings. The monoisotopic (exact) mass is 401 g/mol. The number of nitrogens with one attached hydrogen (secondary N) is 1. The van der Waals surface area contributed by atoms with Gasteiger partial charge in [0.15, 0.2) is 0 Å². The molecule has 142 valence electrons. The van der Waals surface area contributed by atoms with Crippen molar-refractivity contribution in [2.75, 3.05) is 0 Å². The second-order valence-electron chi connectivity index (χ2n) is 6.76. The number of fused-ring (bicyclic) bond motifs is 1. The number of pyridine rings is 1. The highest BCUT2D eigenvalue weighted by atomic mass is 35.5. The van der Waals surface area contributed by atoms with E-state index in [0.29, 0.717) is 5.02 Å². The quantitative estimate of drug-likeness (QED) is 0.490. The zero-order chi connectivity index (χ0) is 19.8. The summed E-state index contributed by atoms with van der Waals surface area (Å²) in [5, 5.41) is 1.62. The standard InChI is InChI=1S/C22H16ClN5O/c23-17-4-1-15(2-5-17)22(28-10-8-25-14-28)16-3-6-19-18(11-16)20(12-21(29)26-19)27-9-7-24-13-27/h1-14,22H,(H,26,29). The Balaban J connectivity index is 1.74. The molecule has 0 saturated carbocycles. The van der Waals surface area contributed by atoms with Crippen molar-refractivity contribution in [2.45, 2.75) is 6.04 Å². The van der Waals surface area contributed by atoms with Gasteiger partial charge in [-0.1, -0.05) is 29.8 Å². The van der Waals surface area contributed by atoms with Gasteiger partial charge in [-0.2, -0.15) is 0 Å². The summed E-state index contributed by atoms with van der Waals surface area (Å²) in [4.78, 5) is 23.4. The SMILES string of the molecule is O=c1cc(-n2ccnc2)c2cc(C(c3ccc(Cl)cc3)n3ccnc3)ccc2[nH]1. The molecule has 29 heavy (non-hydrogen) atoms. The largest absolute Gasteiger partial charge is 0.326 e. The molecule has 0 aliphatic carbocycles. The van der Waals surface area contributed by atoms with E-state index in [0.717, 1.165) is 27.7 Å². The van der Waals surface area contributed by atoms with Crippen molar-refractivity contribution >= 4 is 22.5 Å². The van der Waals surface area contributed by atoms with E-state index in [-0.39, 0.29) is 11.6 Å². The second kappa shape index (κ2) is 7.07. The number of nitrogens with zero attached hydrogens (tertiary/aromatic N) is 4. The highest BCUT2D eigenvalue weighted by Gasteiger charge is 2.17. The van der Waals surface area contributed by atoms with E-state index in [1.165, 1.54) is 0 Å². The van der Waals surface area contributed by atoms with Gasteiger partial charge in [0.1, 0.15) is 0 Å². The lowest BCUT2D eigenvalue weighted by Crippen LogP contribution is -2.12. The van der Waals surface area contributed by atoms with Gasteiger partial charge in [-0.25, -0.2) is 9.97 Å². The van der Waals surface area contributed by atoms with Gasteiger partial charge in [0.25, 0.3) is 5.56 Å². The summed E-state index contributed by atoms with van der Waals surface area (Å²) in [5.41, 5.74) is 3.54. The van der Waals surface area contributed by atoms with Gasteiger partial charge >= 0.3 is 0 Å². The number of aromatic amines is 1. The molecule has 2 aromatic carbocycles. The zero-order valence-electron chi connectivity index (χ0n) is 15.2. The molecule has 1 atom stereocenters. The summed E-state index contributed by atoms with van der Waals surface area (Å²) in [6.45, 7) is 0. The lowest BCUT2D eigenvalue weighted by atomic mass is 9.96. The molecule has 0 aliphatic heterocycles. The molecule has 1 N–H and O–H groups in total. The molecule has 5 aromatic rings. The van der Waals surface area contributed by atoms with Gasteiger partial charge in [0.05, 0.1) is 29.9 Å². The predicted molar refractivity (Wildman–Crippen MR) is 113 cm³/mol. The van der Waals surface area contributed by atoms with Crippen molar-refractivity contribution in [1.29, 1.82) is 0 Å². The van der Waals surface area contributed by atoms with Crippen LogP contribution in [0.1, 0.15) is 17.2 Å². The maximum atomic E-state index is 12.1. The Kier molecular flexibility index (Phi) is 4.26. The first-order valence-electron chi connectivity index (χ1n) is 9.07. The van der Waals surface area contributed by atoms with Crippen LogP contribution in [0.3, 0.4) is 0 Å². The van der Waals surface area contributed by atoms with Crippen molar-refractivity contribution in [2.24, 2.45) is 0 Å². The van der Waals surface area contributed by atoms with Gasteiger partial charge < -0.3 is 14.1 Å². The Morgan fingerprint density at radius 1 is 0.897 bits per heavy atom. The fourth-order valence-electron chi connectivity index (χ4n) is 3.64. The fourth-order valence-corrected chi connectivity index (χ4v) is 3.77. The number of aromatic nitrogens is 5. The van der Waals surface area contributed by atoms with E-state index >= 15 is 0 Å². The summed E-state index contributed by atoms with van der Waals surface area (Å²) in [7, 11) is 0. The van der Waals surface area contributed by atoms with E-state index < -0.39 is 0 Å². The molecule has 3 aromatic heterocycles. The molecule has 1 unspecified atom stereocenters. The minimum Gasteiger partial charge on any atom is -0.326 e. The van der Waals surface area contributed by atoms with Crippen LogP contribution in [-0.2, 0) is 0 Å². The maximum Gasteiger partial charge on any atom is 0.250 e. The van der Waals surface area contributed by atoms with Crippen molar-refractivity contribution in [3.63, 3.8) is 0 Å². The minimum absolute atomic E-state index is 0.0817. The van der Waals surface area contributed by atoms with Gasteiger partial charge in [0, 0.05) is 41.3 Å². The lowest BCUT2D eigenvalue weighted by Gasteiger charge is -2.21. The topological polar surface area (TPSA) is 68.5 Å². The molecule has 0 fully saturated rings. The van der Waals surface area contributed by atoms with E-state index in [1.807, 2.05) is 57.9 Å². The molecular weight excluding hydrogens is 386 g/mol. The van der Waals surface area contributed by atoms with Crippen LogP contribution < -0.4 is 5.56 Å². The van der Waals surface area contributed by atoms with Crippen LogP contribution in [0, 0.1) is 0 Å². The maximum absolute atomic E-state index is 12.1. The Hall–Kier alpha value is -3.64. The average Bonchev–Trinajstić information content (AvgIpc) is 3.43. The minimum atomic E-state index is -0.155. The first kappa shape index (κ1) is 17.5. The lowest BCUT2D eigenvalue weighted by molar-refractivity contribution is 0.677. The molecule has 0 saturated heterocycles. The molecule has 0 amide bonds. The average molecular weight is 402 g/mol. The third-order valence-electron chi connectivity index (χ3n) is 4.95. The smallest absolute Gasteiger partial charge is 0.250 e. The molecular formula is C22H16ClN5O. The zero-order valence-corrected chi connectivity index (χ0v) is 16.0. The molecule has 0 radical (unpaired) electrons. The van der Waals surface area contributed by atoms with Gasteiger partial charge in [0.2, 0.25) is 0 Å². The van der Waals surface area contributed by atoms with Crippen LogP contribution in [0.4, 0.5) is 0 Å². The highest BCUT2D eigenvalue weighted by Crippen LogP contribution is 2.31. The van der Waals surface area contributed by atoms with Gasteiger partial charge in [-0.05, 0) is 35.4 Å². The molecule has 0 bridgehead atoms. The number of imidazole rings is 2. The Labute approximate surface area is 171 Å². The molecule has 3 heterocycles.